The van der Waals surface area contributed by atoms with Crippen molar-refractivity contribution in [2.45, 2.75) is 103 Å². The SMILES string of the molecule is CCCCC(OOC(CCCC)C(C)(C)N)C(C)(C)N. The highest BCUT2D eigenvalue weighted by Gasteiger charge is 2.31. The van der Waals surface area contributed by atoms with Crippen molar-refractivity contribution in [3.63, 3.8) is 0 Å². The van der Waals surface area contributed by atoms with Crippen LogP contribution in [0.4, 0.5) is 0 Å². The first-order valence-corrected chi connectivity index (χ1v) is 8.02. The van der Waals surface area contributed by atoms with Crippen LogP contribution in [0.15, 0.2) is 0 Å². The first-order chi connectivity index (χ1) is 9.12. The lowest BCUT2D eigenvalue weighted by molar-refractivity contribution is -0.368. The summed E-state index contributed by atoms with van der Waals surface area (Å²) in [6, 6.07) is 0. The van der Waals surface area contributed by atoms with Gasteiger partial charge in [0.05, 0.1) is 0 Å². The Morgan fingerprint density at radius 3 is 1.25 bits per heavy atom. The third kappa shape index (κ3) is 8.20. The first-order valence-electron chi connectivity index (χ1n) is 8.02. The van der Waals surface area contributed by atoms with E-state index in [2.05, 4.69) is 13.8 Å². The molecule has 0 rings (SSSR count). The van der Waals surface area contributed by atoms with Crippen molar-refractivity contribution >= 4 is 0 Å². The van der Waals surface area contributed by atoms with Crippen LogP contribution in [0.25, 0.3) is 0 Å². The molecule has 0 fully saturated rings. The average molecular weight is 288 g/mol. The first kappa shape index (κ1) is 19.8. The van der Waals surface area contributed by atoms with E-state index in [9.17, 15) is 0 Å². The van der Waals surface area contributed by atoms with Crippen LogP contribution in [0, 0.1) is 0 Å². The maximum Gasteiger partial charge on any atom is 0.110 e. The van der Waals surface area contributed by atoms with Crippen LogP contribution in [-0.4, -0.2) is 23.3 Å². The van der Waals surface area contributed by atoms with E-state index in [1.54, 1.807) is 0 Å². The van der Waals surface area contributed by atoms with Gasteiger partial charge in [-0.25, -0.2) is 9.78 Å². The van der Waals surface area contributed by atoms with Crippen molar-refractivity contribution in [3.8, 4) is 0 Å². The second-order valence-electron chi connectivity index (χ2n) is 7.10. The van der Waals surface area contributed by atoms with Gasteiger partial charge in [0.25, 0.3) is 0 Å². The van der Waals surface area contributed by atoms with E-state index in [1.807, 2.05) is 27.7 Å². The molecule has 0 bridgehead atoms. The highest BCUT2D eigenvalue weighted by atomic mass is 17.2. The molecule has 0 aromatic rings. The Hall–Kier alpha value is -0.160. The Morgan fingerprint density at radius 1 is 0.750 bits per heavy atom. The molecule has 2 unspecified atom stereocenters. The summed E-state index contributed by atoms with van der Waals surface area (Å²) >= 11 is 0. The van der Waals surface area contributed by atoms with Crippen molar-refractivity contribution in [3.05, 3.63) is 0 Å². The monoisotopic (exact) mass is 288 g/mol. The van der Waals surface area contributed by atoms with E-state index >= 15 is 0 Å². The Bertz CT molecular complexity index is 218. The molecule has 0 aromatic heterocycles. The predicted molar refractivity (Wildman–Crippen MR) is 85.3 cm³/mol. The average Bonchev–Trinajstić information content (AvgIpc) is 2.29. The molecule has 4 N–H and O–H groups in total. The normalized spacial score (nSPS) is 16.2. The van der Waals surface area contributed by atoms with Crippen LogP contribution < -0.4 is 11.5 Å². The Balaban J connectivity index is 4.53. The smallest absolute Gasteiger partial charge is 0.110 e. The second kappa shape index (κ2) is 8.98. The molecule has 0 amide bonds. The van der Waals surface area contributed by atoms with E-state index in [-0.39, 0.29) is 12.2 Å². The zero-order chi connectivity index (χ0) is 15.8. The number of unbranched alkanes of at least 4 members (excludes halogenated alkanes) is 2. The molecule has 0 aliphatic heterocycles. The van der Waals surface area contributed by atoms with Gasteiger partial charge >= 0.3 is 0 Å². The minimum absolute atomic E-state index is 0.103. The molecule has 4 nitrogen and oxygen atoms in total. The van der Waals surface area contributed by atoms with Gasteiger partial charge in [0.2, 0.25) is 0 Å². The lowest BCUT2D eigenvalue weighted by atomic mass is 9.94. The van der Waals surface area contributed by atoms with Crippen LogP contribution in [-0.2, 0) is 9.78 Å². The fourth-order valence-electron chi connectivity index (χ4n) is 2.00. The van der Waals surface area contributed by atoms with Crippen LogP contribution >= 0.6 is 0 Å². The lowest BCUT2D eigenvalue weighted by Gasteiger charge is -2.34. The molecule has 0 aromatic carbocycles. The van der Waals surface area contributed by atoms with Gasteiger partial charge in [0.1, 0.15) is 12.2 Å². The standard InChI is InChI=1S/C16H36N2O2/c1-7-9-11-13(15(3,4)17)19-20-14(12-10-8-2)16(5,6)18/h13-14H,7-12,17-18H2,1-6H3. The molecule has 0 aliphatic rings. The van der Waals surface area contributed by atoms with E-state index < -0.39 is 11.1 Å². The van der Waals surface area contributed by atoms with Crippen LogP contribution in [0.1, 0.15) is 80.1 Å². The minimum Gasteiger partial charge on any atom is -0.323 e. The number of rotatable bonds is 11. The molecule has 122 valence electrons. The van der Waals surface area contributed by atoms with E-state index in [0.717, 1.165) is 38.5 Å². The number of hydrogen-bond donors (Lipinski definition) is 2. The summed E-state index contributed by atoms with van der Waals surface area (Å²) in [4.78, 5) is 11.4. The second-order valence-corrected chi connectivity index (χ2v) is 7.10. The molecular weight excluding hydrogens is 252 g/mol. The van der Waals surface area contributed by atoms with E-state index in [0.29, 0.717) is 0 Å². The molecule has 4 heteroatoms. The summed E-state index contributed by atoms with van der Waals surface area (Å²) in [5.41, 5.74) is 11.5. The van der Waals surface area contributed by atoms with Gasteiger partial charge in [-0.15, -0.1) is 0 Å². The van der Waals surface area contributed by atoms with Gasteiger partial charge in [-0.05, 0) is 40.5 Å². The van der Waals surface area contributed by atoms with Gasteiger partial charge < -0.3 is 11.5 Å². The number of nitrogens with two attached hydrogens (primary N) is 2. The summed E-state index contributed by atoms with van der Waals surface area (Å²) in [7, 11) is 0. The van der Waals surface area contributed by atoms with Crippen LogP contribution in [0.5, 0.6) is 0 Å². The molecule has 0 radical (unpaired) electrons. The minimum atomic E-state index is -0.413. The van der Waals surface area contributed by atoms with Crippen molar-refractivity contribution in [1.29, 1.82) is 0 Å². The molecule has 0 aliphatic carbocycles. The molecule has 2 atom stereocenters. The highest BCUT2D eigenvalue weighted by molar-refractivity contribution is 4.84. The topological polar surface area (TPSA) is 70.5 Å². The molecular formula is C16H36N2O2. The van der Waals surface area contributed by atoms with Gasteiger partial charge in [-0.1, -0.05) is 39.5 Å². The zero-order valence-corrected chi connectivity index (χ0v) is 14.4. The van der Waals surface area contributed by atoms with E-state index in [1.165, 1.54) is 0 Å². The Morgan fingerprint density at radius 2 is 1.05 bits per heavy atom. The lowest BCUT2D eigenvalue weighted by Crippen LogP contribution is -2.50. The maximum atomic E-state index is 6.18. The van der Waals surface area contributed by atoms with Gasteiger partial charge in [-0.2, -0.15) is 0 Å². The summed E-state index contributed by atoms with van der Waals surface area (Å²) in [6.45, 7) is 12.2. The third-order valence-electron chi connectivity index (χ3n) is 3.59. The predicted octanol–water partition coefficient (Wildman–Crippen LogP) is 3.53. The largest absolute Gasteiger partial charge is 0.323 e. The summed E-state index contributed by atoms with van der Waals surface area (Å²) in [5, 5.41) is 0. The zero-order valence-electron chi connectivity index (χ0n) is 14.4. The van der Waals surface area contributed by atoms with Crippen molar-refractivity contribution in [2.24, 2.45) is 11.5 Å². The molecule has 0 saturated carbocycles. The summed E-state index contributed by atoms with van der Waals surface area (Å²) < 4.78 is 0. The molecule has 0 heterocycles. The van der Waals surface area contributed by atoms with Crippen molar-refractivity contribution in [1.82, 2.24) is 0 Å². The quantitative estimate of drug-likeness (QED) is 0.451. The summed E-state index contributed by atoms with van der Waals surface area (Å²) in [6.07, 6.45) is 6.02. The van der Waals surface area contributed by atoms with Crippen molar-refractivity contribution in [2.75, 3.05) is 0 Å². The van der Waals surface area contributed by atoms with Crippen molar-refractivity contribution < 1.29 is 9.78 Å². The van der Waals surface area contributed by atoms with Crippen LogP contribution in [0.2, 0.25) is 0 Å². The van der Waals surface area contributed by atoms with Crippen LogP contribution in [0.3, 0.4) is 0 Å². The van der Waals surface area contributed by atoms with Gasteiger partial charge in [0, 0.05) is 11.1 Å². The van der Waals surface area contributed by atoms with Gasteiger partial charge in [0.15, 0.2) is 0 Å². The fraction of sp³-hybridized carbons (Fsp3) is 1.00. The van der Waals surface area contributed by atoms with E-state index in [4.69, 9.17) is 21.2 Å². The molecule has 0 saturated heterocycles. The molecule has 0 spiro atoms. The molecule has 20 heavy (non-hydrogen) atoms. The van der Waals surface area contributed by atoms with Gasteiger partial charge in [-0.3, -0.25) is 0 Å². The Kier molecular flexibility index (Phi) is 8.91. The maximum absolute atomic E-state index is 6.18. The highest BCUT2D eigenvalue weighted by Crippen LogP contribution is 2.22. The summed E-state index contributed by atoms with van der Waals surface area (Å²) in [5.74, 6) is 0. The fourth-order valence-corrected chi connectivity index (χ4v) is 2.00. The number of hydrogen-bond acceptors (Lipinski definition) is 4. The third-order valence-corrected chi connectivity index (χ3v) is 3.59. The Labute approximate surface area is 125 Å².